The highest BCUT2D eigenvalue weighted by Gasteiger charge is 2.10. The topological polar surface area (TPSA) is 72.5 Å². The van der Waals surface area contributed by atoms with Crippen LogP contribution in [0.15, 0.2) is 29.7 Å². The first kappa shape index (κ1) is 15.0. The van der Waals surface area contributed by atoms with Crippen molar-refractivity contribution in [2.45, 2.75) is 40.3 Å². The Morgan fingerprint density at radius 3 is 2.95 bits per heavy atom. The summed E-state index contributed by atoms with van der Waals surface area (Å²) in [5.74, 6) is 1.45. The first-order valence-electron chi connectivity index (χ1n) is 6.94. The van der Waals surface area contributed by atoms with Crippen LogP contribution in [-0.2, 0) is 13.2 Å². The standard InChI is InChI=1S/C15H20N4O2/c1-4-7-19-15(16-10-17-19)9-21-14-6-5-11(2)8-13(14)12(3)18-20/h5-6,8,10,20H,4,7,9H2,1-3H3. The molecule has 6 heteroatoms. The molecule has 1 heterocycles. The Morgan fingerprint density at radius 2 is 2.24 bits per heavy atom. The number of hydrogen-bond acceptors (Lipinski definition) is 5. The summed E-state index contributed by atoms with van der Waals surface area (Å²) in [6, 6.07) is 5.77. The molecule has 6 nitrogen and oxygen atoms in total. The largest absolute Gasteiger partial charge is 0.485 e. The van der Waals surface area contributed by atoms with E-state index >= 15 is 0 Å². The number of ether oxygens (including phenoxy) is 1. The third-order valence-electron chi connectivity index (χ3n) is 3.16. The normalized spacial score (nSPS) is 11.7. The van der Waals surface area contributed by atoms with Gasteiger partial charge in [-0.2, -0.15) is 5.10 Å². The predicted octanol–water partition coefficient (Wildman–Crippen LogP) is 2.77. The van der Waals surface area contributed by atoms with Crippen LogP contribution in [0.3, 0.4) is 0 Å². The third kappa shape index (κ3) is 3.59. The quantitative estimate of drug-likeness (QED) is 0.504. The van der Waals surface area contributed by atoms with Crippen LogP contribution in [0.1, 0.15) is 37.2 Å². The van der Waals surface area contributed by atoms with Crippen molar-refractivity contribution in [3.63, 3.8) is 0 Å². The molecule has 0 fully saturated rings. The predicted molar refractivity (Wildman–Crippen MR) is 79.8 cm³/mol. The van der Waals surface area contributed by atoms with Crippen LogP contribution in [0, 0.1) is 6.92 Å². The molecule has 0 aliphatic rings. The highest BCUT2D eigenvalue weighted by molar-refractivity contribution is 6.00. The molecule has 21 heavy (non-hydrogen) atoms. The molecule has 0 saturated carbocycles. The molecule has 2 aromatic rings. The molecule has 1 aromatic heterocycles. The fraction of sp³-hybridized carbons (Fsp3) is 0.400. The Hall–Kier alpha value is -2.37. The van der Waals surface area contributed by atoms with Gasteiger partial charge in [-0.1, -0.05) is 23.7 Å². The summed E-state index contributed by atoms with van der Waals surface area (Å²) in [4.78, 5) is 4.21. The van der Waals surface area contributed by atoms with E-state index in [0.29, 0.717) is 18.1 Å². The Morgan fingerprint density at radius 1 is 1.43 bits per heavy atom. The van der Waals surface area contributed by atoms with E-state index in [1.807, 2.05) is 29.8 Å². The van der Waals surface area contributed by atoms with E-state index in [-0.39, 0.29) is 0 Å². The second-order valence-electron chi connectivity index (χ2n) is 4.87. The lowest BCUT2D eigenvalue weighted by Crippen LogP contribution is -2.10. The van der Waals surface area contributed by atoms with Crippen molar-refractivity contribution < 1.29 is 9.94 Å². The second kappa shape index (κ2) is 6.88. The SMILES string of the molecule is CCCn1ncnc1COc1ccc(C)cc1C(C)=NO. The van der Waals surface area contributed by atoms with Crippen molar-refractivity contribution in [2.75, 3.05) is 0 Å². The van der Waals surface area contributed by atoms with Gasteiger partial charge < -0.3 is 9.94 Å². The van der Waals surface area contributed by atoms with Gasteiger partial charge in [0, 0.05) is 12.1 Å². The molecule has 0 bridgehead atoms. The van der Waals surface area contributed by atoms with Crippen LogP contribution < -0.4 is 4.74 Å². The molecule has 0 spiro atoms. The monoisotopic (exact) mass is 288 g/mol. The number of aromatic nitrogens is 3. The molecule has 0 unspecified atom stereocenters. The molecule has 0 atom stereocenters. The molecule has 0 amide bonds. The maximum Gasteiger partial charge on any atom is 0.164 e. The lowest BCUT2D eigenvalue weighted by Gasteiger charge is -2.12. The molecule has 1 N–H and O–H groups in total. The summed E-state index contributed by atoms with van der Waals surface area (Å²) in [5, 5.41) is 16.4. The summed E-state index contributed by atoms with van der Waals surface area (Å²) in [6.45, 7) is 6.95. The van der Waals surface area contributed by atoms with Gasteiger partial charge >= 0.3 is 0 Å². The fourth-order valence-electron chi connectivity index (χ4n) is 2.05. The van der Waals surface area contributed by atoms with E-state index in [9.17, 15) is 0 Å². The Kier molecular flexibility index (Phi) is 4.92. The molecule has 1 aromatic carbocycles. The second-order valence-corrected chi connectivity index (χ2v) is 4.87. The van der Waals surface area contributed by atoms with Crippen molar-refractivity contribution in [1.29, 1.82) is 0 Å². The highest BCUT2D eigenvalue weighted by atomic mass is 16.5. The van der Waals surface area contributed by atoms with Gasteiger partial charge in [0.25, 0.3) is 0 Å². The van der Waals surface area contributed by atoms with E-state index in [2.05, 4.69) is 22.2 Å². The van der Waals surface area contributed by atoms with Crippen LogP contribution in [0.25, 0.3) is 0 Å². The van der Waals surface area contributed by atoms with Gasteiger partial charge in [0.1, 0.15) is 18.7 Å². The maximum absolute atomic E-state index is 8.98. The van der Waals surface area contributed by atoms with Gasteiger partial charge in [0.2, 0.25) is 0 Å². The van der Waals surface area contributed by atoms with E-state index in [1.54, 1.807) is 6.92 Å². The highest BCUT2D eigenvalue weighted by Crippen LogP contribution is 2.22. The number of nitrogens with zero attached hydrogens (tertiary/aromatic N) is 4. The minimum absolute atomic E-state index is 0.328. The number of hydrogen-bond donors (Lipinski definition) is 1. The zero-order chi connectivity index (χ0) is 15.2. The zero-order valence-electron chi connectivity index (χ0n) is 12.6. The van der Waals surface area contributed by atoms with Gasteiger partial charge in [-0.15, -0.1) is 0 Å². The molecule has 0 saturated heterocycles. The van der Waals surface area contributed by atoms with E-state index in [4.69, 9.17) is 9.94 Å². The first-order valence-corrected chi connectivity index (χ1v) is 6.94. The average molecular weight is 288 g/mol. The van der Waals surface area contributed by atoms with Crippen LogP contribution in [-0.4, -0.2) is 25.7 Å². The molecule has 2 rings (SSSR count). The van der Waals surface area contributed by atoms with Gasteiger partial charge in [-0.05, 0) is 32.4 Å². The first-order chi connectivity index (χ1) is 10.2. The van der Waals surface area contributed by atoms with Crippen molar-refractivity contribution in [3.8, 4) is 5.75 Å². The van der Waals surface area contributed by atoms with Crippen molar-refractivity contribution in [2.24, 2.45) is 5.16 Å². The molecule has 0 aliphatic carbocycles. The van der Waals surface area contributed by atoms with Gasteiger partial charge in [-0.25, -0.2) is 9.67 Å². The zero-order valence-corrected chi connectivity index (χ0v) is 12.6. The van der Waals surface area contributed by atoms with Crippen molar-refractivity contribution in [1.82, 2.24) is 14.8 Å². The number of rotatable bonds is 6. The van der Waals surface area contributed by atoms with Crippen LogP contribution in [0.2, 0.25) is 0 Å². The number of oxime groups is 1. The Labute approximate surface area is 124 Å². The molecular formula is C15H20N4O2. The fourth-order valence-corrected chi connectivity index (χ4v) is 2.05. The Bertz CT molecular complexity index is 634. The van der Waals surface area contributed by atoms with E-state index in [0.717, 1.165) is 29.9 Å². The van der Waals surface area contributed by atoms with Gasteiger partial charge in [0.05, 0.1) is 5.71 Å². The minimum atomic E-state index is 0.328. The van der Waals surface area contributed by atoms with Crippen LogP contribution >= 0.6 is 0 Å². The summed E-state index contributed by atoms with van der Waals surface area (Å²) in [5.41, 5.74) is 2.37. The molecule has 0 radical (unpaired) electrons. The van der Waals surface area contributed by atoms with Crippen molar-refractivity contribution >= 4 is 5.71 Å². The van der Waals surface area contributed by atoms with Gasteiger partial charge in [0.15, 0.2) is 5.82 Å². The lowest BCUT2D eigenvalue weighted by atomic mass is 10.1. The van der Waals surface area contributed by atoms with E-state index in [1.165, 1.54) is 6.33 Å². The van der Waals surface area contributed by atoms with Crippen molar-refractivity contribution in [3.05, 3.63) is 41.5 Å². The summed E-state index contributed by atoms with van der Waals surface area (Å²) in [6.07, 6.45) is 2.52. The average Bonchev–Trinajstić information content (AvgIpc) is 2.93. The van der Waals surface area contributed by atoms with Crippen LogP contribution in [0.5, 0.6) is 5.75 Å². The summed E-state index contributed by atoms with van der Waals surface area (Å²) < 4.78 is 7.67. The van der Waals surface area contributed by atoms with Crippen LogP contribution in [0.4, 0.5) is 0 Å². The third-order valence-corrected chi connectivity index (χ3v) is 3.16. The lowest BCUT2D eigenvalue weighted by molar-refractivity contribution is 0.284. The van der Waals surface area contributed by atoms with E-state index < -0.39 is 0 Å². The smallest absolute Gasteiger partial charge is 0.164 e. The maximum atomic E-state index is 8.98. The summed E-state index contributed by atoms with van der Waals surface area (Å²) in [7, 11) is 0. The minimum Gasteiger partial charge on any atom is -0.485 e. The molecular weight excluding hydrogens is 268 g/mol. The molecule has 112 valence electrons. The summed E-state index contributed by atoms with van der Waals surface area (Å²) >= 11 is 0. The number of aryl methyl sites for hydroxylation is 2. The molecule has 0 aliphatic heterocycles. The van der Waals surface area contributed by atoms with Gasteiger partial charge in [-0.3, -0.25) is 0 Å². The number of benzene rings is 1. The Balaban J connectivity index is 2.18.